The molecule has 0 N–H and O–H groups in total. The standard InChI is InChI=1S/C18H16F3N3O3S/c1-2-27-15-9-22-8-7-12(15)10-23-11-16(25)24(17(23)26)13-3-5-14(6-4-13)28-18(19,20)21/h3-9H,2,10-11H2,1H3. The van der Waals surface area contributed by atoms with Crippen LogP contribution in [0.15, 0.2) is 47.6 Å². The van der Waals surface area contributed by atoms with Crippen molar-refractivity contribution in [1.82, 2.24) is 9.88 Å². The summed E-state index contributed by atoms with van der Waals surface area (Å²) in [4.78, 5) is 31.3. The molecule has 1 aromatic carbocycles. The average molecular weight is 411 g/mol. The highest BCUT2D eigenvalue weighted by Gasteiger charge is 2.37. The third-order valence-corrected chi connectivity index (χ3v) is 4.64. The van der Waals surface area contributed by atoms with Crippen LogP contribution in [0.25, 0.3) is 0 Å². The number of pyridine rings is 1. The lowest BCUT2D eigenvalue weighted by Crippen LogP contribution is -2.32. The average Bonchev–Trinajstić information content (AvgIpc) is 2.90. The molecule has 0 radical (unpaired) electrons. The molecule has 2 aromatic rings. The molecule has 3 rings (SSSR count). The highest BCUT2D eigenvalue weighted by Crippen LogP contribution is 2.37. The maximum absolute atomic E-state index is 12.7. The van der Waals surface area contributed by atoms with E-state index in [1.807, 2.05) is 6.92 Å². The molecule has 1 fully saturated rings. The molecule has 0 saturated carbocycles. The van der Waals surface area contributed by atoms with Crippen molar-refractivity contribution in [1.29, 1.82) is 0 Å². The number of hydrogen-bond donors (Lipinski definition) is 0. The van der Waals surface area contributed by atoms with E-state index in [-0.39, 0.29) is 35.4 Å². The predicted octanol–water partition coefficient (Wildman–Crippen LogP) is 4.06. The van der Waals surface area contributed by atoms with Gasteiger partial charge in [0.15, 0.2) is 0 Å². The zero-order chi connectivity index (χ0) is 20.3. The summed E-state index contributed by atoms with van der Waals surface area (Å²) in [5.41, 5.74) is -3.47. The van der Waals surface area contributed by atoms with Gasteiger partial charge in [0.05, 0.1) is 25.0 Å². The van der Waals surface area contributed by atoms with Crippen LogP contribution in [0.4, 0.5) is 23.7 Å². The van der Waals surface area contributed by atoms with E-state index >= 15 is 0 Å². The second-order valence-corrected chi connectivity index (χ2v) is 6.96. The second kappa shape index (κ2) is 8.09. The number of aromatic nitrogens is 1. The normalized spacial score (nSPS) is 14.7. The highest BCUT2D eigenvalue weighted by atomic mass is 32.2. The Balaban J connectivity index is 1.75. The fraction of sp³-hybridized carbons (Fsp3) is 0.278. The van der Waals surface area contributed by atoms with E-state index < -0.39 is 17.4 Å². The van der Waals surface area contributed by atoms with E-state index in [9.17, 15) is 22.8 Å². The molecule has 2 heterocycles. The summed E-state index contributed by atoms with van der Waals surface area (Å²) < 4.78 is 42.8. The lowest BCUT2D eigenvalue weighted by molar-refractivity contribution is -0.116. The van der Waals surface area contributed by atoms with Crippen LogP contribution in [0.1, 0.15) is 12.5 Å². The second-order valence-electron chi connectivity index (χ2n) is 5.83. The molecule has 0 atom stereocenters. The largest absolute Gasteiger partial charge is 0.492 e. The minimum absolute atomic E-state index is 0.0228. The number of urea groups is 1. The van der Waals surface area contributed by atoms with Gasteiger partial charge in [0.1, 0.15) is 12.3 Å². The van der Waals surface area contributed by atoms with Crippen molar-refractivity contribution >= 4 is 29.4 Å². The fourth-order valence-corrected chi connectivity index (χ4v) is 3.29. The number of alkyl halides is 3. The van der Waals surface area contributed by atoms with Gasteiger partial charge in [-0.2, -0.15) is 13.2 Å². The Labute approximate surface area is 163 Å². The number of anilines is 1. The van der Waals surface area contributed by atoms with Crippen molar-refractivity contribution in [3.05, 3.63) is 48.3 Å². The van der Waals surface area contributed by atoms with Gasteiger partial charge in [0.25, 0.3) is 5.91 Å². The van der Waals surface area contributed by atoms with Crippen LogP contribution in [-0.2, 0) is 11.3 Å². The highest BCUT2D eigenvalue weighted by molar-refractivity contribution is 8.00. The maximum Gasteiger partial charge on any atom is 0.446 e. The molecule has 3 amide bonds. The minimum atomic E-state index is -4.40. The van der Waals surface area contributed by atoms with Gasteiger partial charge in [-0.05, 0) is 49.0 Å². The van der Waals surface area contributed by atoms with Crippen LogP contribution in [0.3, 0.4) is 0 Å². The number of thioether (sulfide) groups is 1. The Morgan fingerprint density at radius 2 is 1.89 bits per heavy atom. The first-order chi connectivity index (χ1) is 13.3. The monoisotopic (exact) mass is 411 g/mol. The van der Waals surface area contributed by atoms with Gasteiger partial charge < -0.3 is 9.64 Å². The number of ether oxygens (including phenoxy) is 1. The number of amides is 3. The number of carbonyl (C=O) groups excluding carboxylic acids is 2. The van der Waals surface area contributed by atoms with Crippen molar-refractivity contribution in [2.75, 3.05) is 18.1 Å². The molecule has 6 nitrogen and oxygen atoms in total. The van der Waals surface area contributed by atoms with E-state index in [0.717, 1.165) is 4.90 Å². The topological polar surface area (TPSA) is 62.7 Å². The van der Waals surface area contributed by atoms with Gasteiger partial charge in [-0.15, -0.1) is 0 Å². The molecule has 28 heavy (non-hydrogen) atoms. The zero-order valence-electron chi connectivity index (χ0n) is 14.8. The Morgan fingerprint density at radius 3 is 2.54 bits per heavy atom. The summed E-state index contributed by atoms with van der Waals surface area (Å²) in [6.07, 6.45) is 3.10. The van der Waals surface area contributed by atoms with Gasteiger partial charge in [-0.3, -0.25) is 9.78 Å². The zero-order valence-corrected chi connectivity index (χ0v) is 15.6. The number of halogens is 3. The molecule has 0 spiro atoms. The molecule has 0 aliphatic carbocycles. The predicted molar refractivity (Wildman–Crippen MR) is 97.1 cm³/mol. The van der Waals surface area contributed by atoms with Crippen LogP contribution in [0.5, 0.6) is 5.75 Å². The SMILES string of the molecule is CCOc1cnccc1CN1CC(=O)N(c2ccc(SC(F)(F)F)cc2)C1=O. The number of carbonyl (C=O) groups is 2. The van der Waals surface area contributed by atoms with Gasteiger partial charge >= 0.3 is 11.5 Å². The quantitative estimate of drug-likeness (QED) is 0.530. The third kappa shape index (κ3) is 4.56. The molecule has 0 bridgehead atoms. The van der Waals surface area contributed by atoms with Crippen molar-refractivity contribution in [2.45, 2.75) is 23.9 Å². The molecule has 1 aromatic heterocycles. The number of nitrogens with zero attached hydrogens (tertiary/aromatic N) is 3. The molecule has 1 aliphatic rings. The number of hydrogen-bond acceptors (Lipinski definition) is 5. The van der Waals surface area contributed by atoms with Crippen LogP contribution in [0.2, 0.25) is 0 Å². The molecule has 148 valence electrons. The van der Waals surface area contributed by atoms with Crippen molar-refractivity contribution in [3.63, 3.8) is 0 Å². The van der Waals surface area contributed by atoms with Gasteiger partial charge in [-0.25, -0.2) is 9.69 Å². The smallest absolute Gasteiger partial charge is 0.446 e. The summed E-state index contributed by atoms with van der Waals surface area (Å²) >= 11 is -0.256. The number of imide groups is 1. The summed E-state index contributed by atoms with van der Waals surface area (Å²) in [5, 5.41) is 0. The molecular formula is C18H16F3N3O3S. The first kappa shape index (κ1) is 20.0. The first-order valence-corrected chi connectivity index (χ1v) is 9.13. The van der Waals surface area contributed by atoms with Crippen molar-refractivity contribution in [2.24, 2.45) is 0 Å². The number of rotatable bonds is 6. The van der Waals surface area contributed by atoms with E-state index in [2.05, 4.69) is 4.98 Å². The van der Waals surface area contributed by atoms with Gasteiger partial charge in [0.2, 0.25) is 0 Å². The summed E-state index contributed by atoms with van der Waals surface area (Å²) in [6, 6.07) is 6.27. The van der Waals surface area contributed by atoms with E-state index in [1.54, 1.807) is 12.3 Å². The maximum atomic E-state index is 12.7. The Kier molecular flexibility index (Phi) is 5.78. The van der Waals surface area contributed by atoms with Crippen LogP contribution in [0, 0.1) is 0 Å². The fourth-order valence-electron chi connectivity index (χ4n) is 2.76. The number of benzene rings is 1. The van der Waals surface area contributed by atoms with Crippen molar-refractivity contribution < 1.29 is 27.5 Å². The molecule has 1 aliphatic heterocycles. The van der Waals surface area contributed by atoms with E-state index in [4.69, 9.17) is 4.74 Å². The van der Waals surface area contributed by atoms with Crippen LogP contribution in [-0.4, -0.2) is 40.5 Å². The van der Waals surface area contributed by atoms with Crippen molar-refractivity contribution in [3.8, 4) is 5.75 Å². The van der Waals surface area contributed by atoms with E-state index in [0.29, 0.717) is 17.9 Å². The molecule has 10 heteroatoms. The Bertz CT molecular complexity index is 874. The van der Waals surface area contributed by atoms with Gasteiger partial charge in [0, 0.05) is 16.7 Å². The van der Waals surface area contributed by atoms with Gasteiger partial charge in [-0.1, -0.05) is 0 Å². The Morgan fingerprint density at radius 1 is 1.18 bits per heavy atom. The lowest BCUT2D eigenvalue weighted by Gasteiger charge is -2.18. The first-order valence-electron chi connectivity index (χ1n) is 8.32. The molecule has 0 unspecified atom stereocenters. The Hall–Kier alpha value is -2.75. The lowest BCUT2D eigenvalue weighted by atomic mass is 10.2. The summed E-state index contributed by atoms with van der Waals surface area (Å²) in [7, 11) is 0. The molecular weight excluding hydrogens is 395 g/mol. The molecule has 1 saturated heterocycles. The minimum Gasteiger partial charge on any atom is -0.492 e. The van der Waals surface area contributed by atoms with Crippen LogP contribution >= 0.6 is 11.8 Å². The third-order valence-electron chi connectivity index (χ3n) is 3.90. The summed E-state index contributed by atoms with van der Waals surface area (Å²) in [5.74, 6) is 0.0745. The van der Waals surface area contributed by atoms with Crippen LogP contribution < -0.4 is 9.64 Å². The summed E-state index contributed by atoms with van der Waals surface area (Å²) in [6.45, 7) is 2.27. The van der Waals surface area contributed by atoms with E-state index in [1.165, 1.54) is 35.4 Å².